The maximum atomic E-state index is 11.6. The molecule has 1 aliphatic rings. The molecule has 0 bridgehead atoms. The molecule has 0 atom stereocenters. The summed E-state index contributed by atoms with van der Waals surface area (Å²) in [7, 11) is 0. The lowest BCUT2D eigenvalue weighted by Crippen LogP contribution is -2.18. The number of aromatic amines is 1. The third kappa shape index (κ3) is 1.10. The molecular formula is C8H12N2OS. The highest BCUT2D eigenvalue weighted by molar-refractivity contribution is 7.98. The molecule has 0 amide bonds. The van der Waals surface area contributed by atoms with Crippen LogP contribution in [0.4, 0.5) is 0 Å². The predicted molar refractivity (Wildman–Crippen MR) is 50.6 cm³/mol. The van der Waals surface area contributed by atoms with Crippen molar-refractivity contribution in [3.63, 3.8) is 0 Å². The number of nitrogens with one attached hydrogen (secondary N) is 1. The molecule has 1 N–H and O–H groups in total. The summed E-state index contributed by atoms with van der Waals surface area (Å²) in [5, 5.41) is 3.13. The quantitative estimate of drug-likeness (QED) is 0.706. The average Bonchev–Trinajstić information content (AvgIpc) is 2.44. The monoisotopic (exact) mass is 184 g/mol. The maximum Gasteiger partial charge on any atom is 0.269 e. The highest BCUT2D eigenvalue weighted by Crippen LogP contribution is 2.19. The molecule has 66 valence electrons. The van der Waals surface area contributed by atoms with Crippen LogP contribution in [0.25, 0.3) is 0 Å². The number of hydrogen-bond acceptors (Lipinski definition) is 2. The SMILES string of the molecule is CCn1[nH]c2c(c1=O)CCSC2. The molecular weight excluding hydrogens is 172 g/mol. The van der Waals surface area contributed by atoms with Crippen LogP contribution in [-0.2, 0) is 18.7 Å². The first-order valence-electron chi connectivity index (χ1n) is 4.21. The standard InChI is InChI=1S/C8H12N2OS/c1-2-10-8(11)6-3-4-12-5-7(6)9-10/h9H,2-5H2,1H3. The van der Waals surface area contributed by atoms with E-state index >= 15 is 0 Å². The summed E-state index contributed by atoms with van der Waals surface area (Å²) in [6.07, 6.45) is 0.933. The molecule has 3 nitrogen and oxygen atoms in total. The minimum atomic E-state index is 0.188. The molecule has 2 heterocycles. The lowest BCUT2D eigenvalue weighted by Gasteiger charge is -2.07. The van der Waals surface area contributed by atoms with Crippen LogP contribution in [0, 0.1) is 0 Å². The Hall–Kier alpha value is -0.640. The minimum Gasteiger partial charge on any atom is -0.299 e. The third-order valence-corrected chi connectivity index (χ3v) is 3.18. The van der Waals surface area contributed by atoms with Crippen molar-refractivity contribution in [2.24, 2.45) is 0 Å². The zero-order valence-electron chi connectivity index (χ0n) is 7.09. The van der Waals surface area contributed by atoms with E-state index in [1.807, 2.05) is 18.7 Å². The topological polar surface area (TPSA) is 37.8 Å². The van der Waals surface area contributed by atoms with Crippen molar-refractivity contribution in [1.29, 1.82) is 0 Å². The molecule has 0 aliphatic carbocycles. The van der Waals surface area contributed by atoms with Gasteiger partial charge in [0.2, 0.25) is 0 Å². The number of thioether (sulfide) groups is 1. The largest absolute Gasteiger partial charge is 0.299 e. The van der Waals surface area contributed by atoms with Crippen LogP contribution in [0.2, 0.25) is 0 Å². The van der Waals surface area contributed by atoms with Crippen molar-refractivity contribution < 1.29 is 0 Å². The van der Waals surface area contributed by atoms with Gasteiger partial charge in [0.1, 0.15) is 0 Å². The fourth-order valence-electron chi connectivity index (χ4n) is 1.52. The first-order valence-corrected chi connectivity index (χ1v) is 5.36. The highest BCUT2D eigenvalue weighted by Gasteiger charge is 2.16. The van der Waals surface area contributed by atoms with Crippen LogP contribution in [0.3, 0.4) is 0 Å². The Bertz CT molecular complexity index is 339. The summed E-state index contributed by atoms with van der Waals surface area (Å²) >= 11 is 1.89. The Morgan fingerprint density at radius 2 is 2.50 bits per heavy atom. The summed E-state index contributed by atoms with van der Waals surface area (Å²) in [4.78, 5) is 11.6. The zero-order valence-corrected chi connectivity index (χ0v) is 7.91. The van der Waals surface area contributed by atoms with Crippen LogP contribution in [0.15, 0.2) is 4.79 Å². The van der Waals surface area contributed by atoms with E-state index in [9.17, 15) is 4.79 Å². The van der Waals surface area contributed by atoms with Crippen molar-refractivity contribution >= 4 is 11.8 Å². The van der Waals surface area contributed by atoms with Crippen molar-refractivity contribution in [3.8, 4) is 0 Å². The summed E-state index contributed by atoms with van der Waals surface area (Å²) in [5.74, 6) is 2.06. The first-order chi connectivity index (χ1) is 5.83. The molecule has 1 aromatic heterocycles. The second-order valence-corrected chi connectivity index (χ2v) is 4.03. The molecule has 0 spiro atoms. The van der Waals surface area contributed by atoms with Gasteiger partial charge in [0.15, 0.2) is 0 Å². The van der Waals surface area contributed by atoms with Crippen LogP contribution >= 0.6 is 11.8 Å². The van der Waals surface area contributed by atoms with Gasteiger partial charge in [-0.2, -0.15) is 11.8 Å². The first kappa shape index (κ1) is 7.98. The fourth-order valence-corrected chi connectivity index (χ4v) is 2.46. The molecule has 0 fully saturated rings. The Balaban J connectivity index is 2.52. The van der Waals surface area contributed by atoms with Crippen molar-refractivity contribution in [2.45, 2.75) is 25.6 Å². The van der Waals surface area contributed by atoms with Crippen LogP contribution in [-0.4, -0.2) is 15.5 Å². The Kier molecular flexibility index (Phi) is 2.00. The zero-order chi connectivity index (χ0) is 8.55. The molecule has 0 unspecified atom stereocenters. The van der Waals surface area contributed by atoms with E-state index in [0.717, 1.165) is 35.7 Å². The molecule has 0 aromatic carbocycles. The number of H-pyrrole nitrogens is 1. The summed E-state index contributed by atoms with van der Waals surface area (Å²) in [6, 6.07) is 0. The van der Waals surface area contributed by atoms with Gasteiger partial charge in [-0.15, -0.1) is 0 Å². The van der Waals surface area contributed by atoms with Crippen LogP contribution < -0.4 is 5.56 Å². The summed E-state index contributed by atoms with van der Waals surface area (Å²) < 4.78 is 1.69. The fraction of sp³-hybridized carbons (Fsp3) is 0.625. The number of aromatic nitrogens is 2. The number of nitrogens with zero attached hydrogens (tertiary/aromatic N) is 1. The van der Waals surface area contributed by atoms with Crippen molar-refractivity contribution in [3.05, 3.63) is 21.6 Å². The van der Waals surface area contributed by atoms with Gasteiger partial charge >= 0.3 is 0 Å². The van der Waals surface area contributed by atoms with Crippen LogP contribution in [0.5, 0.6) is 0 Å². The van der Waals surface area contributed by atoms with Crippen LogP contribution in [0.1, 0.15) is 18.2 Å². The molecule has 0 radical (unpaired) electrons. The second kappa shape index (κ2) is 3.01. The van der Waals surface area contributed by atoms with E-state index in [1.54, 1.807) is 4.68 Å². The van der Waals surface area contributed by atoms with Gasteiger partial charge in [-0.1, -0.05) is 0 Å². The van der Waals surface area contributed by atoms with Crippen molar-refractivity contribution in [2.75, 3.05) is 5.75 Å². The summed E-state index contributed by atoms with van der Waals surface area (Å²) in [6.45, 7) is 2.73. The Morgan fingerprint density at radius 3 is 3.17 bits per heavy atom. The molecule has 12 heavy (non-hydrogen) atoms. The van der Waals surface area contributed by atoms with Gasteiger partial charge in [-0.05, 0) is 19.1 Å². The molecule has 2 rings (SSSR count). The number of hydrogen-bond donors (Lipinski definition) is 1. The second-order valence-electron chi connectivity index (χ2n) is 2.92. The molecule has 0 saturated carbocycles. The van der Waals surface area contributed by atoms with Gasteiger partial charge in [0.25, 0.3) is 5.56 Å². The van der Waals surface area contributed by atoms with Gasteiger partial charge in [-0.25, -0.2) is 0 Å². The van der Waals surface area contributed by atoms with Gasteiger partial charge < -0.3 is 0 Å². The molecule has 1 aromatic rings. The lowest BCUT2D eigenvalue weighted by molar-refractivity contribution is 0.631. The molecule has 1 aliphatic heterocycles. The van der Waals surface area contributed by atoms with E-state index < -0.39 is 0 Å². The van der Waals surface area contributed by atoms with E-state index in [-0.39, 0.29) is 5.56 Å². The summed E-state index contributed by atoms with van der Waals surface area (Å²) in [5.41, 5.74) is 2.33. The minimum absolute atomic E-state index is 0.188. The highest BCUT2D eigenvalue weighted by atomic mass is 32.2. The van der Waals surface area contributed by atoms with E-state index in [1.165, 1.54) is 0 Å². The maximum absolute atomic E-state index is 11.6. The van der Waals surface area contributed by atoms with Gasteiger partial charge in [0.05, 0.1) is 5.69 Å². The van der Waals surface area contributed by atoms with E-state index in [4.69, 9.17) is 0 Å². The number of rotatable bonds is 1. The lowest BCUT2D eigenvalue weighted by atomic mass is 10.2. The van der Waals surface area contributed by atoms with E-state index in [0.29, 0.717) is 0 Å². The van der Waals surface area contributed by atoms with Crippen molar-refractivity contribution in [1.82, 2.24) is 9.78 Å². The Labute approximate surface area is 75.1 Å². The smallest absolute Gasteiger partial charge is 0.269 e. The van der Waals surface area contributed by atoms with E-state index in [2.05, 4.69) is 5.10 Å². The normalized spacial score (nSPS) is 16.1. The molecule has 0 saturated heterocycles. The Morgan fingerprint density at radius 1 is 1.67 bits per heavy atom. The molecule has 4 heteroatoms. The average molecular weight is 184 g/mol. The third-order valence-electron chi connectivity index (χ3n) is 2.20. The number of fused-ring (bicyclic) bond motifs is 1. The van der Waals surface area contributed by atoms with Gasteiger partial charge in [-0.3, -0.25) is 14.6 Å². The predicted octanol–water partition coefficient (Wildman–Crippen LogP) is 0.986. The number of aryl methyl sites for hydroxylation is 1. The van der Waals surface area contributed by atoms with Gasteiger partial charge in [0, 0.05) is 17.9 Å².